The van der Waals surface area contributed by atoms with Crippen LogP contribution in [0.25, 0.3) is 0 Å². The summed E-state index contributed by atoms with van der Waals surface area (Å²) in [6.45, 7) is 3.19. The molecule has 1 N–H and O–H groups in total. The summed E-state index contributed by atoms with van der Waals surface area (Å²) in [6, 6.07) is 4.46. The van der Waals surface area contributed by atoms with E-state index in [0.717, 1.165) is 6.54 Å². The zero-order valence-electron chi connectivity index (χ0n) is 11.3. The van der Waals surface area contributed by atoms with Crippen molar-refractivity contribution in [3.63, 3.8) is 0 Å². The van der Waals surface area contributed by atoms with Crippen molar-refractivity contribution in [2.24, 2.45) is 0 Å². The number of rotatable bonds is 6. The summed E-state index contributed by atoms with van der Waals surface area (Å²) < 4.78 is 5.35. The smallest absolute Gasteiger partial charge is 0.323 e. The van der Waals surface area contributed by atoms with Gasteiger partial charge in [0.2, 0.25) is 11.9 Å². The van der Waals surface area contributed by atoms with E-state index < -0.39 is 0 Å². The van der Waals surface area contributed by atoms with Gasteiger partial charge in [-0.25, -0.2) is 0 Å². The van der Waals surface area contributed by atoms with E-state index in [1.54, 1.807) is 18.4 Å². The Labute approximate surface area is 116 Å². The number of anilines is 2. The van der Waals surface area contributed by atoms with E-state index in [9.17, 15) is 0 Å². The lowest BCUT2D eigenvalue weighted by molar-refractivity contribution is 0.312. The fourth-order valence-electron chi connectivity index (χ4n) is 1.53. The molecular weight excluding hydrogens is 262 g/mol. The van der Waals surface area contributed by atoms with Gasteiger partial charge in [-0.05, 0) is 18.4 Å². The van der Waals surface area contributed by atoms with Crippen LogP contribution in [0.3, 0.4) is 0 Å². The predicted molar refractivity (Wildman–Crippen MR) is 77.0 cm³/mol. The van der Waals surface area contributed by atoms with E-state index in [0.29, 0.717) is 24.5 Å². The van der Waals surface area contributed by atoms with Gasteiger partial charge in [-0.2, -0.15) is 15.0 Å². The molecule has 2 heterocycles. The average Bonchev–Trinajstić information content (AvgIpc) is 2.91. The third-order valence-corrected chi connectivity index (χ3v) is 3.28. The van der Waals surface area contributed by atoms with Crippen molar-refractivity contribution in [2.75, 3.05) is 30.9 Å². The van der Waals surface area contributed by atoms with Crippen molar-refractivity contribution in [3.05, 3.63) is 22.4 Å². The standard InChI is InChI=1S/C12H17N5OS/c1-4-18-12-15-10(13-2)14-11(16-12)17(3)8-9-6-5-7-19-9/h5-7H,4,8H2,1-3H3,(H,13,14,15,16). The molecule has 6 nitrogen and oxygen atoms in total. The summed E-state index contributed by atoms with van der Waals surface area (Å²) in [7, 11) is 3.72. The molecule has 0 atom stereocenters. The van der Waals surface area contributed by atoms with Gasteiger partial charge in [0.1, 0.15) is 0 Å². The fourth-order valence-corrected chi connectivity index (χ4v) is 2.29. The van der Waals surface area contributed by atoms with Gasteiger partial charge < -0.3 is 15.0 Å². The number of hydrogen-bond donors (Lipinski definition) is 1. The first-order valence-electron chi connectivity index (χ1n) is 6.03. The summed E-state index contributed by atoms with van der Waals surface area (Å²) in [5, 5.41) is 4.97. The van der Waals surface area contributed by atoms with Gasteiger partial charge in [0, 0.05) is 19.0 Å². The molecule has 19 heavy (non-hydrogen) atoms. The van der Waals surface area contributed by atoms with Crippen molar-refractivity contribution >= 4 is 23.2 Å². The van der Waals surface area contributed by atoms with E-state index in [2.05, 4.69) is 31.7 Å². The van der Waals surface area contributed by atoms with Crippen LogP contribution in [-0.4, -0.2) is 35.7 Å². The van der Waals surface area contributed by atoms with Gasteiger partial charge in [-0.15, -0.1) is 11.3 Å². The van der Waals surface area contributed by atoms with Crippen LogP contribution in [0.2, 0.25) is 0 Å². The lowest BCUT2D eigenvalue weighted by Crippen LogP contribution is -2.20. The molecule has 2 rings (SSSR count). The number of aromatic nitrogens is 3. The predicted octanol–water partition coefficient (Wildman–Crippen LogP) is 2.01. The average molecular weight is 279 g/mol. The number of nitrogens with zero attached hydrogens (tertiary/aromatic N) is 4. The van der Waals surface area contributed by atoms with E-state index in [4.69, 9.17) is 4.74 Å². The highest BCUT2D eigenvalue weighted by molar-refractivity contribution is 7.09. The molecule has 0 radical (unpaired) electrons. The molecule has 2 aromatic rings. The minimum absolute atomic E-state index is 0.342. The van der Waals surface area contributed by atoms with E-state index in [-0.39, 0.29) is 0 Å². The van der Waals surface area contributed by atoms with Crippen LogP contribution >= 0.6 is 11.3 Å². The number of ether oxygens (including phenoxy) is 1. The number of thiophene rings is 1. The van der Waals surface area contributed by atoms with Gasteiger partial charge in [-0.1, -0.05) is 6.07 Å². The van der Waals surface area contributed by atoms with Crippen LogP contribution in [0.15, 0.2) is 17.5 Å². The van der Waals surface area contributed by atoms with Gasteiger partial charge >= 0.3 is 6.01 Å². The fraction of sp³-hybridized carbons (Fsp3) is 0.417. The molecule has 102 valence electrons. The maximum atomic E-state index is 5.35. The lowest BCUT2D eigenvalue weighted by atomic mass is 10.4. The summed E-state index contributed by atoms with van der Waals surface area (Å²) >= 11 is 1.71. The molecule has 0 spiro atoms. The van der Waals surface area contributed by atoms with Crippen molar-refractivity contribution < 1.29 is 4.74 Å². The Balaban J connectivity index is 2.19. The van der Waals surface area contributed by atoms with Crippen LogP contribution < -0.4 is 15.0 Å². The van der Waals surface area contributed by atoms with Gasteiger partial charge in [0.25, 0.3) is 0 Å². The SMILES string of the molecule is CCOc1nc(NC)nc(N(C)Cc2cccs2)n1. The van der Waals surface area contributed by atoms with Crippen LogP contribution in [-0.2, 0) is 6.54 Å². The van der Waals surface area contributed by atoms with Gasteiger partial charge in [0.05, 0.1) is 13.2 Å². The first-order valence-corrected chi connectivity index (χ1v) is 6.91. The third kappa shape index (κ3) is 3.54. The summed E-state index contributed by atoms with van der Waals surface area (Å²) in [5.74, 6) is 1.10. The first-order chi connectivity index (χ1) is 9.22. The van der Waals surface area contributed by atoms with E-state index >= 15 is 0 Å². The quantitative estimate of drug-likeness (QED) is 0.872. The Hall–Kier alpha value is -1.89. The molecule has 7 heteroatoms. The van der Waals surface area contributed by atoms with Crippen LogP contribution in [0.5, 0.6) is 6.01 Å². The topological polar surface area (TPSA) is 63.2 Å². The Morgan fingerprint density at radius 1 is 1.37 bits per heavy atom. The minimum atomic E-state index is 0.342. The zero-order valence-corrected chi connectivity index (χ0v) is 12.1. The summed E-state index contributed by atoms with van der Waals surface area (Å²) in [6.07, 6.45) is 0. The maximum absolute atomic E-state index is 5.35. The van der Waals surface area contributed by atoms with Crippen molar-refractivity contribution in [3.8, 4) is 6.01 Å². The molecule has 0 amide bonds. The van der Waals surface area contributed by atoms with Crippen LogP contribution in [0.1, 0.15) is 11.8 Å². The molecule has 0 bridgehead atoms. The Kier molecular flexibility index (Phi) is 4.51. The first kappa shape index (κ1) is 13.5. The molecule has 0 aliphatic rings. The Bertz CT molecular complexity index is 517. The second-order valence-corrected chi connectivity index (χ2v) is 4.89. The molecule has 0 unspecified atom stereocenters. The molecule has 0 aliphatic carbocycles. The molecule has 0 saturated carbocycles. The normalized spacial score (nSPS) is 10.3. The Morgan fingerprint density at radius 2 is 2.21 bits per heavy atom. The molecule has 0 aliphatic heterocycles. The second-order valence-electron chi connectivity index (χ2n) is 3.86. The highest BCUT2D eigenvalue weighted by atomic mass is 32.1. The van der Waals surface area contributed by atoms with Gasteiger partial charge in [-0.3, -0.25) is 0 Å². The molecule has 2 aromatic heterocycles. The lowest BCUT2D eigenvalue weighted by Gasteiger charge is -2.17. The van der Waals surface area contributed by atoms with Gasteiger partial charge in [0.15, 0.2) is 0 Å². The highest BCUT2D eigenvalue weighted by Crippen LogP contribution is 2.17. The summed E-state index contributed by atoms with van der Waals surface area (Å²) in [5.41, 5.74) is 0. The maximum Gasteiger partial charge on any atom is 0.323 e. The van der Waals surface area contributed by atoms with Crippen LogP contribution in [0, 0.1) is 0 Å². The number of hydrogen-bond acceptors (Lipinski definition) is 7. The number of nitrogens with one attached hydrogen (secondary N) is 1. The molecule has 0 aromatic carbocycles. The second kappa shape index (κ2) is 6.33. The van der Waals surface area contributed by atoms with Crippen molar-refractivity contribution in [1.29, 1.82) is 0 Å². The van der Waals surface area contributed by atoms with Crippen molar-refractivity contribution in [2.45, 2.75) is 13.5 Å². The Morgan fingerprint density at radius 3 is 2.84 bits per heavy atom. The minimum Gasteiger partial charge on any atom is -0.464 e. The van der Waals surface area contributed by atoms with Crippen molar-refractivity contribution in [1.82, 2.24) is 15.0 Å². The molecule has 0 fully saturated rings. The monoisotopic (exact) mass is 279 g/mol. The summed E-state index contributed by atoms with van der Waals surface area (Å²) in [4.78, 5) is 16.0. The largest absolute Gasteiger partial charge is 0.464 e. The molecule has 0 saturated heterocycles. The zero-order chi connectivity index (χ0) is 13.7. The van der Waals surface area contributed by atoms with Crippen LogP contribution in [0.4, 0.5) is 11.9 Å². The van der Waals surface area contributed by atoms with E-state index in [1.165, 1.54) is 4.88 Å². The third-order valence-electron chi connectivity index (χ3n) is 2.41. The van der Waals surface area contributed by atoms with E-state index in [1.807, 2.05) is 24.9 Å². The molecular formula is C12H17N5OS. The highest BCUT2D eigenvalue weighted by Gasteiger charge is 2.11.